The highest BCUT2D eigenvalue weighted by atomic mass is 35.5. The molecule has 8 heteroatoms. The minimum absolute atomic E-state index is 0.0901. The Labute approximate surface area is 122 Å². The van der Waals surface area contributed by atoms with Crippen LogP contribution in [0.25, 0.3) is 0 Å². The number of benzene rings is 1. The SMILES string of the molecule is CCN(C(=O)c1cc(S(N)(=O)=O)c(F)cc1Cl)C(C)C. The molecule has 0 aliphatic rings. The van der Waals surface area contributed by atoms with Crippen LogP contribution in [-0.2, 0) is 10.0 Å². The van der Waals surface area contributed by atoms with Crippen molar-refractivity contribution in [2.24, 2.45) is 5.14 Å². The number of primary sulfonamides is 1. The van der Waals surface area contributed by atoms with E-state index < -0.39 is 26.6 Å². The molecule has 1 aromatic rings. The molecule has 0 aromatic heterocycles. The van der Waals surface area contributed by atoms with Gasteiger partial charge in [0, 0.05) is 12.6 Å². The van der Waals surface area contributed by atoms with Crippen molar-refractivity contribution in [3.63, 3.8) is 0 Å². The third-order valence-electron chi connectivity index (χ3n) is 2.78. The number of sulfonamides is 1. The lowest BCUT2D eigenvalue weighted by atomic mass is 10.1. The van der Waals surface area contributed by atoms with Gasteiger partial charge in [-0.2, -0.15) is 0 Å². The normalized spacial score (nSPS) is 11.8. The zero-order chi connectivity index (χ0) is 15.7. The van der Waals surface area contributed by atoms with E-state index in [1.54, 1.807) is 20.8 Å². The summed E-state index contributed by atoms with van der Waals surface area (Å²) in [5, 5.41) is 4.76. The first-order chi connectivity index (χ1) is 9.09. The molecular formula is C12H16ClFN2O3S. The molecule has 2 N–H and O–H groups in total. The highest BCUT2D eigenvalue weighted by Gasteiger charge is 2.24. The number of carbonyl (C=O) groups is 1. The van der Waals surface area contributed by atoms with Gasteiger partial charge >= 0.3 is 0 Å². The average Bonchev–Trinajstić information content (AvgIpc) is 2.27. The fraction of sp³-hybridized carbons (Fsp3) is 0.417. The number of carbonyl (C=O) groups excluding carboxylic acids is 1. The largest absolute Gasteiger partial charge is 0.336 e. The van der Waals surface area contributed by atoms with E-state index in [4.69, 9.17) is 16.7 Å². The maximum Gasteiger partial charge on any atom is 0.255 e. The van der Waals surface area contributed by atoms with Crippen LogP contribution in [0.1, 0.15) is 31.1 Å². The second-order valence-electron chi connectivity index (χ2n) is 4.49. The molecule has 0 radical (unpaired) electrons. The Morgan fingerprint density at radius 3 is 2.40 bits per heavy atom. The first kappa shape index (κ1) is 16.9. The van der Waals surface area contributed by atoms with Crippen molar-refractivity contribution in [2.75, 3.05) is 6.54 Å². The minimum Gasteiger partial charge on any atom is -0.336 e. The molecule has 112 valence electrons. The van der Waals surface area contributed by atoms with Crippen LogP contribution < -0.4 is 5.14 Å². The van der Waals surface area contributed by atoms with E-state index in [0.717, 1.165) is 12.1 Å². The van der Waals surface area contributed by atoms with Gasteiger partial charge in [0.15, 0.2) is 0 Å². The van der Waals surface area contributed by atoms with Crippen molar-refractivity contribution in [3.05, 3.63) is 28.5 Å². The van der Waals surface area contributed by atoms with Crippen molar-refractivity contribution in [3.8, 4) is 0 Å². The van der Waals surface area contributed by atoms with Gasteiger partial charge in [-0.25, -0.2) is 17.9 Å². The Morgan fingerprint density at radius 1 is 1.45 bits per heavy atom. The molecule has 1 rings (SSSR count). The summed E-state index contributed by atoms with van der Waals surface area (Å²) >= 11 is 5.83. The van der Waals surface area contributed by atoms with Crippen molar-refractivity contribution in [1.82, 2.24) is 4.90 Å². The Morgan fingerprint density at radius 2 is 2.00 bits per heavy atom. The molecule has 0 aliphatic carbocycles. The smallest absolute Gasteiger partial charge is 0.255 e. The van der Waals surface area contributed by atoms with E-state index in [1.165, 1.54) is 4.90 Å². The molecule has 0 saturated carbocycles. The van der Waals surface area contributed by atoms with E-state index in [2.05, 4.69) is 0 Å². The molecule has 1 amide bonds. The number of nitrogens with two attached hydrogens (primary N) is 1. The van der Waals surface area contributed by atoms with Gasteiger partial charge in [0.1, 0.15) is 10.7 Å². The summed E-state index contributed by atoms with van der Waals surface area (Å²) in [5.41, 5.74) is -0.0901. The van der Waals surface area contributed by atoms with Crippen molar-refractivity contribution >= 4 is 27.5 Å². The summed E-state index contributed by atoms with van der Waals surface area (Å²) in [5.74, 6) is -1.56. The van der Waals surface area contributed by atoms with Crippen molar-refractivity contribution < 1.29 is 17.6 Å². The summed E-state index contributed by atoms with van der Waals surface area (Å²) in [6.07, 6.45) is 0. The quantitative estimate of drug-likeness (QED) is 0.920. The Kier molecular flexibility index (Phi) is 5.12. The van der Waals surface area contributed by atoms with E-state index in [-0.39, 0.29) is 16.6 Å². The van der Waals surface area contributed by atoms with Crippen LogP contribution >= 0.6 is 11.6 Å². The van der Waals surface area contributed by atoms with Gasteiger partial charge in [-0.05, 0) is 32.9 Å². The Hall–Kier alpha value is -1.18. The number of amides is 1. The third kappa shape index (κ3) is 3.47. The number of hydrogen-bond acceptors (Lipinski definition) is 3. The maximum absolute atomic E-state index is 13.6. The van der Waals surface area contributed by atoms with Crippen LogP contribution in [0, 0.1) is 5.82 Å². The second-order valence-corrected chi connectivity index (χ2v) is 6.43. The maximum atomic E-state index is 13.6. The lowest BCUT2D eigenvalue weighted by Gasteiger charge is -2.25. The summed E-state index contributed by atoms with van der Waals surface area (Å²) in [6.45, 7) is 5.80. The van der Waals surface area contributed by atoms with E-state index in [9.17, 15) is 17.6 Å². The van der Waals surface area contributed by atoms with E-state index in [1.807, 2.05) is 0 Å². The molecule has 20 heavy (non-hydrogen) atoms. The van der Waals surface area contributed by atoms with Gasteiger partial charge in [0.05, 0.1) is 10.6 Å². The van der Waals surface area contributed by atoms with Crippen molar-refractivity contribution in [1.29, 1.82) is 0 Å². The monoisotopic (exact) mass is 322 g/mol. The molecule has 0 unspecified atom stereocenters. The number of halogens is 2. The van der Waals surface area contributed by atoms with Gasteiger partial charge in [0.25, 0.3) is 5.91 Å². The van der Waals surface area contributed by atoms with Crippen LogP contribution in [0.2, 0.25) is 5.02 Å². The number of nitrogens with zero attached hydrogens (tertiary/aromatic N) is 1. The molecule has 0 saturated heterocycles. The minimum atomic E-state index is -4.26. The molecule has 0 bridgehead atoms. The standard InChI is InChI=1S/C12H16ClFN2O3S/c1-4-16(7(2)3)12(17)8-5-11(20(15,18)19)10(14)6-9(8)13/h5-7H,4H2,1-3H3,(H2,15,18,19). The van der Waals surface area contributed by atoms with Gasteiger partial charge < -0.3 is 4.90 Å². The molecule has 0 fully saturated rings. The van der Waals surface area contributed by atoms with Crippen LogP contribution in [0.3, 0.4) is 0 Å². The van der Waals surface area contributed by atoms with Gasteiger partial charge in [0.2, 0.25) is 10.0 Å². The number of rotatable bonds is 4. The van der Waals surface area contributed by atoms with E-state index in [0.29, 0.717) is 6.54 Å². The first-order valence-corrected chi connectivity index (χ1v) is 7.84. The van der Waals surface area contributed by atoms with Crippen molar-refractivity contribution in [2.45, 2.75) is 31.7 Å². The molecule has 5 nitrogen and oxygen atoms in total. The fourth-order valence-electron chi connectivity index (χ4n) is 1.81. The van der Waals surface area contributed by atoms with Gasteiger partial charge in [-0.3, -0.25) is 4.79 Å². The molecular weight excluding hydrogens is 307 g/mol. The molecule has 0 heterocycles. The van der Waals surface area contributed by atoms with Crippen LogP contribution in [0.15, 0.2) is 17.0 Å². The highest BCUT2D eigenvalue weighted by molar-refractivity contribution is 7.89. The fourth-order valence-corrected chi connectivity index (χ4v) is 2.65. The zero-order valence-corrected chi connectivity index (χ0v) is 12.9. The van der Waals surface area contributed by atoms with Crippen LogP contribution in [0.4, 0.5) is 4.39 Å². The third-order valence-corrected chi connectivity index (χ3v) is 4.02. The second kappa shape index (κ2) is 6.07. The summed E-state index contributed by atoms with van der Waals surface area (Å²) in [7, 11) is -4.26. The summed E-state index contributed by atoms with van der Waals surface area (Å²) < 4.78 is 36.1. The molecule has 0 atom stereocenters. The lowest BCUT2D eigenvalue weighted by Crippen LogP contribution is -2.37. The lowest BCUT2D eigenvalue weighted by molar-refractivity contribution is 0.0717. The Balaban J connectivity index is 3.43. The van der Waals surface area contributed by atoms with Crippen LogP contribution in [-0.4, -0.2) is 31.8 Å². The average molecular weight is 323 g/mol. The summed E-state index contributed by atoms with van der Waals surface area (Å²) in [6, 6.07) is 1.55. The molecule has 0 aliphatic heterocycles. The van der Waals surface area contributed by atoms with Gasteiger partial charge in [-0.1, -0.05) is 11.6 Å². The zero-order valence-electron chi connectivity index (χ0n) is 11.4. The molecule has 1 aromatic carbocycles. The van der Waals surface area contributed by atoms with Crippen LogP contribution in [0.5, 0.6) is 0 Å². The van der Waals surface area contributed by atoms with Gasteiger partial charge in [-0.15, -0.1) is 0 Å². The number of hydrogen-bond donors (Lipinski definition) is 1. The predicted molar refractivity (Wildman–Crippen MR) is 74.6 cm³/mol. The molecule has 0 spiro atoms. The topological polar surface area (TPSA) is 80.5 Å². The highest BCUT2D eigenvalue weighted by Crippen LogP contribution is 2.25. The predicted octanol–water partition coefficient (Wildman–Crippen LogP) is 2.00. The summed E-state index contributed by atoms with van der Waals surface area (Å²) in [4.78, 5) is 13.0. The Bertz CT molecular complexity index is 632. The first-order valence-electron chi connectivity index (χ1n) is 5.92. The van der Waals surface area contributed by atoms with E-state index >= 15 is 0 Å².